The summed E-state index contributed by atoms with van der Waals surface area (Å²) >= 11 is 2.14. The van der Waals surface area contributed by atoms with Gasteiger partial charge in [0.2, 0.25) is 0 Å². The summed E-state index contributed by atoms with van der Waals surface area (Å²) in [6, 6.07) is 4.85. The van der Waals surface area contributed by atoms with Gasteiger partial charge in [-0.2, -0.15) is 11.8 Å². The van der Waals surface area contributed by atoms with Crippen LogP contribution in [0.4, 0.5) is 0 Å². The quantitative estimate of drug-likeness (QED) is 0.869. The van der Waals surface area contributed by atoms with Gasteiger partial charge in [-0.3, -0.25) is 4.98 Å². The summed E-state index contributed by atoms with van der Waals surface area (Å²) < 4.78 is 0. The van der Waals surface area contributed by atoms with Crippen molar-refractivity contribution in [2.75, 3.05) is 12.8 Å². The maximum absolute atomic E-state index is 4.07. The highest BCUT2D eigenvalue weighted by Gasteiger charge is 2.22. The number of hydrogen-bond acceptors (Lipinski definition) is 3. The number of rotatable bonds is 4. The molecule has 2 atom stereocenters. The van der Waals surface area contributed by atoms with Crippen molar-refractivity contribution in [1.29, 1.82) is 0 Å². The van der Waals surface area contributed by atoms with Crippen LogP contribution in [0.15, 0.2) is 24.5 Å². The van der Waals surface area contributed by atoms with Gasteiger partial charge < -0.3 is 5.32 Å². The predicted molar refractivity (Wildman–Crippen MR) is 70.9 cm³/mol. The minimum Gasteiger partial charge on any atom is -0.316 e. The molecule has 1 aromatic rings. The number of thioether (sulfide) groups is 1. The minimum atomic E-state index is 0.604. The number of pyridine rings is 1. The molecule has 88 valence electrons. The second-order valence-corrected chi connectivity index (χ2v) is 5.71. The summed E-state index contributed by atoms with van der Waals surface area (Å²) in [5.74, 6) is 1.33. The monoisotopic (exact) mass is 236 g/mol. The number of hydrogen-bond donors (Lipinski definition) is 1. The van der Waals surface area contributed by atoms with E-state index in [1.165, 1.54) is 30.6 Å². The normalized spacial score (nSPS) is 22.9. The molecule has 2 heterocycles. The molecule has 1 saturated heterocycles. The van der Waals surface area contributed by atoms with Crippen molar-refractivity contribution in [3.63, 3.8) is 0 Å². The van der Waals surface area contributed by atoms with Gasteiger partial charge in [-0.05, 0) is 49.8 Å². The standard InChI is InChI=1S/C13H20N2S/c1-14-12(13-4-2-3-9-16-13)10-11-5-7-15-8-6-11/h5-8,12-14H,2-4,9-10H2,1H3. The van der Waals surface area contributed by atoms with E-state index >= 15 is 0 Å². The molecule has 0 radical (unpaired) electrons. The van der Waals surface area contributed by atoms with Gasteiger partial charge in [0.1, 0.15) is 0 Å². The fourth-order valence-electron chi connectivity index (χ4n) is 2.28. The Morgan fingerprint density at radius 1 is 1.44 bits per heavy atom. The first-order chi connectivity index (χ1) is 7.90. The van der Waals surface area contributed by atoms with Gasteiger partial charge in [-0.1, -0.05) is 6.42 Å². The van der Waals surface area contributed by atoms with Crippen LogP contribution >= 0.6 is 11.8 Å². The van der Waals surface area contributed by atoms with Crippen LogP contribution in [0.2, 0.25) is 0 Å². The lowest BCUT2D eigenvalue weighted by atomic mass is 10.0. The fraction of sp³-hybridized carbons (Fsp3) is 0.615. The van der Waals surface area contributed by atoms with E-state index in [0.717, 1.165) is 11.7 Å². The van der Waals surface area contributed by atoms with Crippen molar-refractivity contribution in [3.05, 3.63) is 30.1 Å². The van der Waals surface area contributed by atoms with Crippen molar-refractivity contribution in [3.8, 4) is 0 Å². The second kappa shape index (κ2) is 6.26. The zero-order chi connectivity index (χ0) is 11.2. The van der Waals surface area contributed by atoms with Gasteiger partial charge in [0.15, 0.2) is 0 Å². The van der Waals surface area contributed by atoms with Crippen LogP contribution in [-0.4, -0.2) is 29.1 Å². The van der Waals surface area contributed by atoms with Gasteiger partial charge in [-0.25, -0.2) is 0 Å². The Morgan fingerprint density at radius 2 is 2.25 bits per heavy atom. The zero-order valence-electron chi connectivity index (χ0n) is 9.86. The first-order valence-electron chi connectivity index (χ1n) is 6.08. The molecule has 3 heteroatoms. The van der Waals surface area contributed by atoms with Crippen LogP contribution in [0.25, 0.3) is 0 Å². The zero-order valence-corrected chi connectivity index (χ0v) is 10.7. The van der Waals surface area contributed by atoms with Gasteiger partial charge in [0, 0.05) is 23.7 Å². The van der Waals surface area contributed by atoms with Crippen LogP contribution < -0.4 is 5.32 Å². The predicted octanol–water partition coefficient (Wildman–Crippen LogP) is 2.50. The highest BCUT2D eigenvalue weighted by molar-refractivity contribution is 8.00. The van der Waals surface area contributed by atoms with E-state index in [2.05, 4.69) is 41.2 Å². The maximum Gasteiger partial charge on any atom is 0.0270 e. The molecule has 1 aliphatic rings. The van der Waals surface area contributed by atoms with E-state index < -0.39 is 0 Å². The highest BCUT2D eigenvalue weighted by Crippen LogP contribution is 2.28. The molecule has 0 bridgehead atoms. The third-order valence-electron chi connectivity index (χ3n) is 3.24. The molecule has 1 aromatic heterocycles. The Kier molecular flexibility index (Phi) is 4.67. The molecular formula is C13H20N2S. The van der Waals surface area contributed by atoms with Gasteiger partial charge in [0.05, 0.1) is 0 Å². The molecule has 0 saturated carbocycles. The molecule has 1 N–H and O–H groups in total. The first-order valence-corrected chi connectivity index (χ1v) is 7.13. The minimum absolute atomic E-state index is 0.604. The van der Waals surface area contributed by atoms with E-state index in [1.807, 2.05) is 12.4 Å². The van der Waals surface area contributed by atoms with Crippen molar-refractivity contribution >= 4 is 11.8 Å². The molecule has 1 fully saturated rings. The number of nitrogens with zero attached hydrogens (tertiary/aromatic N) is 1. The lowest BCUT2D eigenvalue weighted by Crippen LogP contribution is -2.38. The summed E-state index contributed by atoms with van der Waals surface area (Å²) in [7, 11) is 2.08. The Balaban J connectivity index is 1.94. The third-order valence-corrected chi connectivity index (χ3v) is 4.76. The van der Waals surface area contributed by atoms with Crippen molar-refractivity contribution in [2.24, 2.45) is 0 Å². The summed E-state index contributed by atoms with van der Waals surface area (Å²) in [6.07, 6.45) is 9.04. The molecule has 0 aliphatic carbocycles. The summed E-state index contributed by atoms with van der Waals surface area (Å²) in [6.45, 7) is 0. The molecule has 2 rings (SSSR count). The van der Waals surface area contributed by atoms with Crippen molar-refractivity contribution in [1.82, 2.24) is 10.3 Å². The average Bonchev–Trinajstić information content (AvgIpc) is 2.38. The smallest absolute Gasteiger partial charge is 0.0270 e. The summed E-state index contributed by atoms with van der Waals surface area (Å²) in [5, 5.41) is 4.26. The van der Waals surface area contributed by atoms with Gasteiger partial charge >= 0.3 is 0 Å². The Bertz CT molecular complexity index is 296. The molecular weight excluding hydrogens is 216 g/mol. The highest BCUT2D eigenvalue weighted by atomic mass is 32.2. The van der Waals surface area contributed by atoms with E-state index in [4.69, 9.17) is 0 Å². The summed E-state index contributed by atoms with van der Waals surface area (Å²) in [5.41, 5.74) is 1.39. The lowest BCUT2D eigenvalue weighted by Gasteiger charge is -2.29. The van der Waals surface area contributed by atoms with E-state index in [9.17, 15) is 0 Å². The van der Waals surface area contributed by atoms with Crippen LogP contribution in [0.5, 0.6) is 0 Å². The Hall–Kier alpha value is -0.540. The largest absolute Gasteiger partial charge is 0.316 e. The molecule has 0 amide bonds. The molecule has 2 unspecified atom stereocenters. The SMILES string of the molecule is CNC(Cc1ccncc1)C1CCCCS1. The van der Waals surface area contributed by atoms with Crippen LogP contribution in [0.1, 0.15) is 24.8 Å². The van der Waals surface area contributed by atoms with Crippen molar-refractivity contribution in [2.45, 2.75) is 37.0 Å². The molecule has 1 aliphatic heterocycles. The van der Waals surface area contributed by atoms with Crippen LogP contribution in [-0.2, 0) is 6.42 Å². The number of aromatic nitrogens is 1. The van der Waals surface area contributed by atoms with Crippen LogP contribution in [0.3, 0.4) is 0 Å². The number of nitrogens with one attached hydrogen (secondary N) is 1. The van der Waals surface area contributed by atoms with E-state index in [0.29, 0.717) is 6.04 Å². The van der Waals surface area contributed by atoms with Gasteiger partial charge in [-0.15, -0.1) is 0 Å². The maximum atomic E-state index is 4.07. The summed E-state index contributed by atoms with van der Waals surface area (Å²) in [4.78, 5) is 4.07. The molecule has 0 spiro atoms. The first kappa shape index (κ1) is 11.9. The second-order valence-electron chi connectivity index (χ2n) is 4.36. The van der Waals surface area contributed by atoms with E-state index in [1.54, 1.807) is 0 Å². The Labute approximate surface area is 102 Å². The number of likely N-dealkylation sites (N-methyl/N-ethyl adjacent to an activating group) is 1. The molecule has 16 heavy (non-hydrogen) atoms. The topological polar surface area (TPSA) is 24.9 Å². The molecule has 2 nitrogen and oxygen atoms in total. The Morgan fingerprint density at radius 3 is 2.88 bits per heavy atom. The van der Waals surface area contributed by atoms with E-state index in [-0.39, 0.29) is 0 Å². The van der Waals surface area contributed by atoms with Gasteiger partial charge in [0.25, 0.3) is 0 Å². The third kappa shape index (κ3) is 3.22. The fourth-order valence-corrected chi connectivity index (χ4v) is 3.75. The van der Waals surface area contributed by atoms with Crippen molar-refractivity contribution < 1.29 is 0 Å². The average molecular weight is 236 g/mol. The lowest BCUT2D eigenvalue weighted by molar-refractivity contribution is 0.494. The van der Waals surface area contributed by atoms with Crippen LogP contribution in [0, 0.1) is 0 Å². The molecule has 0 aromatic carbocycles.